The first-order valence-electron chi connectivity index (χ1n) is 7.62. The number of benzene rings is 1. The zero-order valence-corrected chi connectivity index (χ0v) is 14.0. The van der Waals surface area contributed by atoms with E-state index in [2.05, 4.69) is 20.6 Å². The molecule has 8 heteroatoms. The number of halogens is 1. The largest absolute Gasteiger partial charge is 0.390 e. The van der Waals surface area contributed by atoms with Crippen molar-refractivity contribution in [3.63, 3.8) is 0 Å². The van der Waals surface area contributed by atoms with Crippen LogP contribution in [0.5, 0.6) is 0 Å². The lowest BCUT2D eigenvalue weighted by molar-refractivity contribution is -0.122. The SMILES string of the molecule is O=C(Cn1cc(-c2cccc(CO)n2)nn1)NCc1ccc(Cl)cc1. The van der Waals surface area contributed by atoms with Crippen molar-refractivity contribution in [3.05, 3.63) is 64.9 Å². The van der Waals surface area contributed by atoms with E-state index in [0.29, 0.717) is 28.6 Å². The van der Waals surface area contributed by atoms with Gasteiger partial charge in [-0.1, -0.05) is 35.0 Å². The minimum Gasteiger partial charge on any atom is -0.390 e. The molecule has 0 unspecified atom stereocenters. The van der Waals surface area contributed by atoms with Crippen LogP contribution in [0.25, 0.3) is 11.4 Å². The molecule has 0 fully saturated rings. The number of hydrogen-bond acceptors (Lipinski definition) is 5. The highest BCUT2D eigenvalue weighted by Gasteiger charge is 2.09. The Labute approximate surface area is 149 Å². The number of nitrogens with zero attached hydrogens (tertiary/aromatic N) is 4. The Morgan fingerprint density at radius 2 is 1.96 bits per heavy atom. The molecule has 0 atom stereocenters. The summed E-state index contributed by atoms with van der Waals surface area (Å²) in [6.07, 6.45) is 1.64. The summed E-state index contributed by atoms with van der Waals surface area (Å²) in [6.45, 7) is 0.326. The molecule has 1 amide bonds. The predicted octanol–water partition coefficient (Wildman–Crippen LogP) is 1.80. The molecule has 0 saturated carbocycles. The second-order valence-corrected chi connectivity index (χ2v) is 5.81. The summed E-state index contributed by atoms with van der Waals surface area (Å²) in [5.41, 5.74) is 2.65. The van der Waals surface area contributed by atoms with E-state index in [-0.39, 0.29) is 19.1 Å². The van der Waals surface area contributed by atoms with Gasteiger partial charge in [-0.15, -0.1) is 5.10 Å². The van der Waals surface area contributed by atoms with Crippen molar-refractivity contribution in [2.24, 2.45) is 0 Å². The number of aliphatic hydroxyl groups excluding tert-OH is 1. The van der Waals surface area contributed by atoms with Gasteiger partial charge >= 0.3 is 0 Å². The van der Waals surface area contributed by atoms with Gasteiger partial charge in [-0.25, -0.2) is 9.67 Å². The van der Waals surface area contributed by atoms with Crippen molar-refractivity contribution >= 4 is 17.5 Å². The molecule has 0 aliphatic heterocycles. The van der Waals surface area contributed by atoms with Crippen LogP contribution in [-0.4, -0.2) is 31.0 Å². The molecular weight excluding hydrogens is 342 g/mol. The number of carbonyl (C=O) groups is 1. The number of nitrogens with one attached hydrogen (secondary N) is 1. The van der Waals surface area contributed by atoms with Crippen LogP contribution in [0, 0.1) is 0 Å². The maximum Gasteiger partial charge on any atom is 0.242 e. The van der Waals surface area contributed by atoms with Gasteiger partial charge in [0, 0.05) is 11.6 Å². The molecule has 2 heterocycles. The summed E-state index contributed by atoms with van der Waals surface area (Å²) in [5.74, 6) is -0.177. The maximum absolute atomic E-state index is 12.0. The minimum atomic E-state index is -0.177. The Kier molecular flexibility index (Phi) is 5.37. The lowest BCUT2D eigenvalue weighted by Gasteiger charge is -2.05. The maximum atomic E-state index is 12.0. The number of hydrogen-bond donors (Lipinski definition) is 2. The van der Waals surface area contributed by atoms with Gasteiger partial charge in [0.15, 0.2) is 0 Å². The van der Waals surface area contributed by atoms with E-state index in [9.17, 15) is 4.79 Å². The van der Waals surface area contributed by atoms with E-state index in [4.69, 9.17) is 16.7 Å². The zero-order chi connectivity index (χ0) is 17.6. The Morgan fingerprint density at radius 3 is 2.72 bits per heavy atom. The molecule has 3 rings (SSSR count). The van der Waals surface area contributed by atoms with Gasteiger partial charge in [-0.2, -0.15) is 0 Å². The highest BCUT2D eigenvalue weighted by Crippen LogP contribution is 2.13. The first-order valence-corrected chi connectivity index (χ1v) is 8.00. The fourth-order valence-corrected chi connectivity index (χ4v) is 2.34. The van der Waals surface area contributed by atoms with Crippen molar-refractivity contribution in [1.82, 2.24) is 25.3 Å². The van der Waals surface area contributed by atoms with Crippen molar-refractivity contribution in [1.29, 1.82) is 0 Å². The number of amides is 1. The van der Waals surface area contributed by atoms with Crippen LogP contribution in [0.3, 0.4) is 0 Å². The van der Waals surface area contributed by atoms with Crippen LogP contribution >= 0.6 is 11.6 Å². The molecule has 0 spiro atoms. The zero-order valence-electron chi connectivity index (χ0n) is 13.3. The summed E-state index contributed by atoms with van der Waals surface area (Å²) in [4.78, 5) is 16.3. The molecule has 128 valence electrons. The van der Waals surface area contributed by atoms with Crippen LogP contribution < -0.4 is 5.32 Å². The fraction of sp³-hybridized carbons (Fsp3) is 0.176. The van der Waals surface area contributed by atoms with E-state index in [0.717, 1.165) is 5.56 Å². The van der Waals surface area contributed by atoms with Crippen molar-refractivity contribution in [3.8, 4) is 11.4 Å². The number of rotatable bonds is 6. The number of carbonyl (C=O) groups excluding carboxylic acids is 1. The average molecular weight is 358 g/mol. The Bertz CT molecular complexity index is 863. The van der Waals surface area contributed by atoms with Crippen LogP contribution in [0.1, 0.15) is 11.3 Å². The Balaban J connectivity index is 1.58. The normalized spacial score (nSPS) is 10.6. The third kappa shape index (κ3) is 4.62. The van der Waals surface area contributed by atoms with Gasteiger partial charge in [0.25, 0.3) is 0 Å². The molecular formula is C17H16ClN5O2. The fourth-order valence-electron chi connectivity index (χ4n) is 2.21. The first-order chi connectivity index (χ1) is 12.1. The van der Waals surface area contributed by atoms with Gasteiger partial charge in [-0.3, -0.25) is 4.79 Å². The third-order valence-electron chi connectivity index (χ3n) is 3.48. The molecule has 0 aliphatic rings. The molecule has 1 aromatic carbocycles. The lowest BCUT2D eigenvalue weighted by atomic mass is 10.2. The summed E-state index contributed by atoms with van der Waals surface area (Å²) in [5, 5.41) is 20.6. The Morgan fingerprint density at radius 1 is 1.16 bits per heavy atom. The second kappa shape index (κ2) is 7.87. The quantitative estimate of drug-likeness (QED) is 0.701. The molecule has 2 aromatic heterocycles. The van der Waals surface area contributed by atoms with E-state index >= 15 is 0 Å². The predicted molar refractivity (Wildman–Crippen MR) is 92.5 cm³/mol. The molecule has 0 aliphatic carbocycles. The van der Waals surface area contributed by atoms with Crippen LogP contribution in [0.2, 0.25) is 5.02 Å². The second-order valence-electron chi connectivity index (χ2n) is 5.38. The lowest BCUT2D eigenvalue weighted by Crippen LogP contribution is -2.27. The first kappa shape index (κ1) is 17.1. The van der Waals surface area contributed by atoms with E-state index in [1.54, 1.807) is 36.5 Å². The van der Waals surface area contributed by atoms with Crippen LogP contribution in [0.15, 0.2) is 48.7 Å². The van der Waals surface area contributed by atoms with Crippen molar-refractivity contribution < 1.29 is 9.90 Å². The molecule has 7 nitrogen and oxygen atoms in total. The smallest absolute Gasteiger partial charge is 0.242 e. The summed E-state index contributed by atoms with van der Waals surface area (Å²) in [7, 11) is 0. The van der Waals surface area contributed by atoms with Gasteiger partial charge < -0.3 is 10.4 Å². The third-order valence-corrected chi connectivity index (χ3v) is 3.73. The number of pyridine rings is 1. The van der Waals surface area contributed by atoms with Gasteiger partial charge in [-0.05, 0) is 29.8 Å². The Hall–Kier alpha value is -2.77. The summed E-state index contributed by atoms with van der Waals surface area (Å²) < 4.78 is 1.44. The minimum absolute atomic E-state index is 0.0558. The molecule has 0 bridgehead atoms. The molecule has 0 radical (unpaired) electrons. The average Bonchev–Trinajstić information content (AvgIpc) is 3.10. The molecule has 2 N–H and O–H groups in total. The van der Waals surface area contributed by atoms with E-state index in [1.807, 2.05) is 12.1 Å². The molecule has 25 heavy (non-hydrogen) atoms. The summed E-state index contributed by atoms with van der Waals surface area (Å²) >= 11 is 5.83. The van der Waals surface area contributed by atoms with Crippen molar-refractivity contribution in [2.45, 2.75) is 19.7 Å². The summed E-state index contributed by atoms with van der Waals surface area (Å²) in [6, 6.07) is 12.5. The van der Waals surface area contributed by atoms with E-state index < -0.39 is 0 Å². The number of aromatic nitrogens is 4. The van der Waals surface area contributed by atoms with Gasteiger partial charge in [0.1, 0.15) is 12.2 Å². The molecule has 3 aromatic rings. The highest BCUT2D eigenvalue weighted by molar-refractivity contribution is 6.30. The highest BCUT2D eigenvalue weighted by atomic mass is 35.5. The monoisotopic (exact) mass is 357 g/mol. The van der Waals surface area contributed by atoms with Gasteiger partial charge in [0.05, 0.1) is 24.2 Å². The number of aliphatic hydroxyl groups is 1. The van der Waals surface area contributed by atoms with E-state index in [1.165, 1.54) is 4.68 Å². The van der Waals surface area contributed by atoms with Crippen LogP contribution in [0.4, 0.5) is 0 Å². The standard InChI is InChI=1S/C17H16ClN5O2/c18-13-6-4-12(5-7-13)8-19-17(25)10-23-9-16(21-22-23)15-3-1-2-14(11-24)20-15/h1-7,9,24H,8,10-11H2,(H,19,25). The molecule has 0 saturated heterocycles. The van der Waals surface area contributed by atoms with Crippen LogP contribution in [-0.2, 0) is 24.5 Å². The topological polar surface area (TPSA) is 92.9 Å². The van der Waals surface area contributed by atoms with Crippen molar-refractivity contribution in [2.75, 3.05) is 0 Å². The van der Waals surface area contributed by atoms with Gasteiger partial charge in [0.2, 0.25) is 5.91 Å².